The van der Waals surface area contributed by atoms with Crippen molar-refractivity contribution in [3.63, 3.8) is 0 Å². The molecule has 3 aromatic carbocycles. The minimum Gasteiger partial charge on any atom is -0.355 e. The number of carbonyl (C=O) groups excluding carboxylic acids is 2. The second-order valence-electron chi connectivity index (χ2n) is 10.00. The van der Waals surface area contributed by atoms with E-state index in [1.807, 2.05) is 49.3 Å². The summed E-state index contributed by atoms with van der Waals surface area (Å²) in [6.07, 6.45) is 1.54. The van der Waals surface area contributed by atoms with E-state index in [4.69, 9.17) is 0 Å². The Kier molecular flexibility index (Phi) is 8.54. The molecule has 0 fully saturated rings. The minimum absolute atomic E-state index is 0.0200. The van der Waals surface area contributed by atoms with E-state index in [2.05, 4.69) is 25.9 Å². The van der Waals surface area contributed by atoms with Crippen molar-refractivity contribution in [2.24, 2.45) is 0 Å². The molecule has 5 aromatic rings. The molecule has 0 unspecified atom stereocenters. The summed E-state index contributed by atoms with van der Waals surface area (Å²) in [5.41, 5.74) is 2.47. The van der Waals surface area contributed by atoms with E-state index in [0.29, 0.717) is 52.3 Å². The number of hydrogen-bond acceptors (Lipinski definition) is 6. The normalized spacial score (nSPS) is 11.0. The monoisotopic (exact) mass is 582 g/mol. The predicted molar refractivity (Wildman–Crippen MR) is 163 cm³/mol. The average Bonchev–Trinajstić information content (AvgIpc) is 2.99. The van der Waals surface area contributed by atoms with Crippen molar-refractivity contribution in [1.29, 1.82) is 0 Å². The molecule has 11 heteroatoms. The summed E-state index contributed by atoms with van der Waals surface area (Å²) in [5.74, 6) is -3.23. The van der Waals surface area contributed by atoms with E-state index in [9.17, 15) is 23.2 Å². The van der Waals surface area contributed by atoms with Crippen molar-refractivity contribution in [3.8, 4) is 11.1 Å². The van der Waals surface area contributed by atoms with Crippen LogP contribution >= 0.6 is 0 Å². The van der Waals surface area contributed by atoms with E-state index in [0.717, 1.165) is 12.1 Å². The highest BCUT2D eigenvalue weighted by Gasteiger charge is 2.23. The minimum atomic E-state index is -1.11. The third kappa shape index (κ3) is 6.57. The molecule has 218 valence electrons. The molecular formula is C32H28F2N6O3. The molecule has 0 aliphatic carbocycles. The number of nitrogens with zero attached hydrogens (tertiary/aromatic N) is 2. The van der Waals surface area contributed by atoms with Gasteiger partial charge in [-0.05, 0) is 68.2 Å². The summed E-state index contributed by atoms with van der Waals surface area (Å²) in [5, 5.41) is 9.36. The largest absolute Gasteiger partial charge is 0.355 e. The van der Waals surface area contributed by atoms with Crippen molar-refractivity contribution in [2.75, 3.05) is 37.8 Å². The fourth-order valence-electron chi connectivity index (χ4n) is 4.55. The smallest absolute Gasteiger partial charge is 0.263 e. The van der Waals surface area contributed by atoms with E-state index in [-0.39, 0.29) is 11.1 Å². The van der Waals surface area contributed by atoms with Gasteiger partial charge >= 0.3 is 0 Å². The van der Waals surface area contributed by atoms with Crippen molar-refractivity contribution < 1.29 is 18.4 Å². The molecule has 4 N–H and O–H groups in total. The topological polar surface area (TPSA) is 119 Å². The fourth-order valence-corrected chi connectivity index (χ4v) is 4.55. The molecule has 43 heavy (non-hydrogen) atoms. The van der Waals surface area contributed by atoms with Gasteiger partial charge in [-0.1, -0.05) is 30.3 Å². The SMILES string of the molecule is CN(C)CCNC(=O)c1c(-c2ccccc2)c2c(Nc3ccc(NC(=O)c4ccc(F)c(F)c4)cc3)ccnc2[nH]c1=O. The highest BCUT2D eigenvalue weighted by atomic mass is 19.2. The summed E-state index contributed by atoms with van der Waals surface area (Å²) in [6, 6.07) is 20.5. The number of likely N-dealkylation sites (N-methyl/N-ethyl adjacent to an activating group) is 1. The Balaban J connectivity index is 1.49. The van der Waals surface area contributed by atoms with Gasteiger partial charge in [0.15, 0.2) is 11.6 Å². The lowest BCUT2D eigenvalue weighted by atomic mass is 9.96. The van der Waals surface area contributed by atoms with Crippen LogP contribution in [0.2, 0.25) is 0 Å². The van der Waals surface area contributed by atoms with Crippen molar-refractivity contribution in [1.82, 2.24) is 20.2 Å². The summed E-state index contributed by atoms with van der Waals surface area (Å²) in [6.45, 7) is 0.957. The number of aromatic nitrogens is 2. The van der Waals surface area contributed by atoms with Crippen LogP contribution in [0.5, 0.6) is 0 Å². The van der Waals surface area contributed by atoms with Crippen LogP contribution in [0, 0.1) is 11.6 Å². The quantitative estimate of drug-likeness (QED) is 0.191. The predicted octanol–water partition coefficient (Wildman–Crippen LogP) is 5.16. The second-order valence-corrected chi connectivity index (χ2v) is 10.00. The number of carbonyl (C=O) groups is 2. The maximum Gasteiger partial charge on any atom is 0.263 e. The summed E-state index contributed by atoms with van der Waals surface area (Å²) in [7, 11) is 3.78. The van der Waals surface area contributed by atoms with Crippen LogP contribution in [0.25, 0.3) is 22.2 Å². The number of anilines is 3. The molecule has 9 nitrogen and oxygen atoms in total. The highest BCUT2D eigenvalue weighted by Crippen LogP contribution is 2.35. The Morgan fingerprint density at radius 2 is 1.60 bits per heavy atom. The molecule has 0 spiro atoms. The molecule has 0 radical (unpaired) electrons. The van der Waals surface area contributed by atoms with Crippen molar-refractivity contribution in [2.45, 2.75) is 0 Å². The maximum absolute atomic E-state index is 13.5. The number of benzene rings is 3. The molecular weight excluding hydrogens is 554 g/mol. The summed E-state index contributed by atoms with van der Waals surface area (Å²) in [4.78, 5) is 48.1. The molecule has 2 heterocycles. The van der Waals surface area contributed by atoms with Crippen molar-refractivity contribution >= 4 is 39.9 Å². The standard InChI is InChI=1S/C32H28F2N6O3/c1-40(2)17-16-36-31(42)28-26(19-6-4-3-5-7-19)27-25(14-15-35-29(27)39-32(28)43)37-21-9-11-22(12-10-21)38-30(41)20-8-13-23(33)24(34)18-20/h3-15,18H,16-17H2,1-2H3,(H,36,42)(H,38,41)(H2,35,37,39,43). The molecule has 2 amide bonds. The van der Waals surface area contributed by atoms with E-state index < -0.39 is 29.0 Å². The maximum atomic E-state index is 13.5. The number of nitrogens with one attached hydrogen (secondary N) is 4. The average molecular weight is 583 g/mol. The lowest BCUT2D eigenvalue weighted by Gasteiger charge is -2.17. The molecule has 0 aliphatic rings. The zero-order valence-corrected chi connectivity index (χ0v) is 23.4. The van der Waals surface area contributed by atoms with Gasteiger partial charge in [-0.3, -0.25) is 14.4 Å². The van der Waals surface area contributed by atoms with Crippen LogP contribution in [-0.4, -0.2) is 53.9 Å². The number of amides is 2. The first-order valence-electron chi connectivity index (χ1n) is 13.4. The second kappa shape index (κ2) is 12.6. The van der Waals surface area contributed by atoms with Crippen LogP contribution in [0.4, 0.5) is 25.8 Å². The summed E-state index contributed by atoms with van der Waals surface area (Å²) >= 11 is 0. The highest BCUT2D eigenvalue weighted by molar-refractivity contribution is 6.12. The van der Waals surface area contributed by atoms with Gasteiger partial charge in [0.1, 0.15) is 11.2 Å². The summed E-state index contributed by atoms with van der Waals surface area (Å²) < 4.78 is 26.8. The molecule has 0 aliphatic heterocycles. The molecule has 0 atom stereocenters. The number of halogens is 2. The number of aromatic amines is 1. The lowest BCUT2D eigenvalue weighted by Crippen LogP contribution is -2.35. The number of pyridine rings is 2. The first kappa shape index (κ1) is 29.1. The van der Waals surface area contributed by atoms with Gasteiger partial charge in [-0.15, -0.1) is 0 Å². The molecule has 5 rings (SSSR count). The van der Waals surface area contributed by atoms with E-state index in [1.54, 1.807) is 36.5 Å². The third-order valence-corrected chi connectivity index (χ3v) is 6.65. The van der Waals surface area contributed by atoms with Gasteiger partial charge in [0.25, 0.3) is 17.4 Å². The Morgan fingerprint density at radius 1 is 0.884 bits per heavy atom. The van der Waals surface area contributed by atoms with Crippen molar-refractivity contribution in [3.05, 3.63) is 118 Å². The van der Waals surface area contributed by atoms with Gasteiger partial charge in [0, 0.05) is 47.2 Å². The molecule has 0 saturated heterocycles. The molecule has 2 aromatic heterocycles. The van der Waals surface area contributed by atoms with Gasteiger partial charge in [-0.2, -0.15) is 0 Å². The Labute approximate surface area is 245 Å². The zero-order valence-electron chi connectivity index (χ0n) is 23.4. The number of hydrogen-bond donors (Lipinski definition) is 4. The lowest BCUT2D eigenvalue weighted by molar-refractivity contribution is 0.0949. The Morgan fingerprint density at radius 3 is 2.30 bits per heavy atom. The Hall–Kier alpha value is -5.42. The van der Waals surface area contributed by atoms with Crippen LogP contribution in [0.1, 0.15) is 20.7 Å². The van der Waals surface area contributed by atoms with E-state index in [1.165, 1.54) is 6.07 Å². The van der Waals surface area contributed by atoms with Gasteiger partial charge in [0.05, 0.1) is 5.69 Å². The zero-order chi connectivity index (χ0) is 30.5. The fraction of sp³-hybridized carbons (Fsp3) is 0.125. The van der Waals surface area contributed by atoms with Crippen LogP contribution < -0.4 is 21.5 Å². The molecule has 0 saturated carbocycles. The van der Waals surface area contributed by atoms with Gasteiger partial charge in [0.2, 0.25) is 0 Å². The molecule has 0 bridgehead atoms. The van der Waals surface area contributed by atoms with Crippen LogP contribution in [0.15, 0.2) is 89.9 Å². The van der Waals surface area contributed by atoms with Crippen LogP contribution in [-0.2, 0) is 0 Å². The number of fused-ring (bicyclic) bond motifs is 1. The first-order valence-corrected chi connectivity index (χ1v) is 13.4. The number of H-pyrrole nitrogens is 1. The van der Waals surface area contributed by atoms with E-state index >= 15 is 0 Å². The number of rotatable bonds is 9. The van der Waals surface area contributed by atoms with Gasteiger partial charge in [-0.25, -0.2) is 13.8 Å². The van der Waals surface area contributed by atoms with Gasteiger partial charge < -0.3 is 25.8 Å². The third-order valence-electron chi connectivity index (χ3n) is 6.65. The Bertz CT molecular complexity index is 1860. The van der Waals surface area contributed by atoms with Crippen LogP contribution in [0.3, 0.4) is 0 Å². The first-order chi connectivity index (χ1) is 20.7.